The summed E-state index contributed by atoms with van der Waals surface area (Å²) in [5.41, 5.74) is 17.9. The highest BCUT2D eigenvalue weighted by atomic mass is 31.2. The van der Waals surface area contributed by atoms with Crippen molar-refractivity contribution in [2.45, 2.75) is 27.1 Å². The van der Waals surface area contributed by atoms with Crippen LogP contribution in [0.25, 0.3) is 0 Å². The predicted molar refractivity (Wildman–Crippen MR) is 156 cm³/mol. The van der Waals surface area contributed by atoms with Crippen LogP contribution in [0, 0.1) is 0 Å². The zero-order valence-electron chi connectivity index (χ0n) is 23.1. The zero-order chi connectivity index (χ0) is 30.8. The van der Waals surface area contributed by atoms with Crippen LogP contribution in [0.5, 0.6) is 5.75 Å². The molecule has 1 aromatic heterocycles. The van der Waals surface area contributed by atoms with Gasteiger partial charge >= 0.3 is 14.8 Å². The van der Waals surface area contributed by atoms with Gasteiger partial charge in [-0.25, -0.2) is 9.78 Å². The number of ether oxygens (including phenoxy) is 2. The normalized spacial score (nSPS) is 11.1. The second-order valence-electron chi connectivity index (χ2n) is 7.38. The molecule has 0 fully saturated rings. The molecule has 2 atom stereocenters. The molecule has 2 unspecified atom stereocenters. The molecule has 3 rings (SSSR count). The summed E-state index contributed by atoms with van der Waals surface area (Å²) in [7, 11) is -1.10. The number of benzene rings is 2. The van der Waals surface area contributed by atoms with Crippen LogP contribution < -0.4 is 32.4 Å². The fourth-order valence-corrected chi connectivity index (χ4v) is 3.27. The Balaban J connectivity index is 0.000000391. The molecule has 9 N–H and O–H groups in total. The van der Waals surface area contributed by atoms with Crippen molar-refractivity contribution >= 4 is 49.6 Å². The van der Waals surface area contributed by atoms with Gasteiger partial charge in [-0.05, 0) is 43.3 Å². The number of carbonyl (C=O) groups excluding carboxylic acids is 3. The molecule has 0 spiro atoms. The molecule has 3 aromatic rings. The van der Waals surface area contributed by atoms with Crippen molar-refractivity contribution in [1.82, 2.24) is 10.3 Å². The van der Waals surface area contributed by atoms with Gasteiger partial charge in [0.25, 0.3) is 5.91 Å². The lowest BCUT2D eigenvalue weighted by atomic mass is 10.2. The first kappa shape index (κ1) is 34.4. The maximum atomic E-state index is 11.8. The molecule has 2 amide bonds. The van der Waals surface area contributed by atoms with Gasteiger partial charge < -0.3 is 46.7 Å². The Labute approximate surface area is 239 Å². The summed E-state index contributed by atoms with van der Waals surface area (Å²) >= 11 is 0. The van der Waals surface area contributed by atoms with Crippen molar-refractivity contribution in [3.63, 3.8) is 0 Å². The molecular weight excluding hydrogens is 555 g/mol. The predicted octanol–water partition coefficient (Wildman–Crippen LogP) is 3.65. The third-order valence-corrected chi connectivity index (χ3v) is 5.26. The lowest BCUT2D eigenvalue weighted by Crippen LogP contribution is -2.33. The summed E-state index contributed by atoms with van der Waals surface area (Å²) in [6.07, 6.45) is -1.91. The van der Waals surface area contributed by atoms with E-state index in [0.717, 1.165) is 7.11 Å². The third kappa shape index (κ3) is 13.3. The van der Waals surface area contributed by atoms with E-state index in [1.807, 2.05) is 13.8 Å². The monoisotopic (exact) mass is 590 g/mol. The first-order valence-corrected chi connectivity index (χ1v) is 13.3. The van der Waals surface area contributed by atoms with Crippen LogP contribution in [-0.2, 0) is 18.8 Å². The number of pyridine rings is 1. The molecule has 2 aromatic carbocycles. The molecule has 41 heavy (non-hydrogen) atoms. The van der Waals surface area contributed by atoms with Crippen molar-refractivity contribution in [3.05, 3.63) is 72.3 Å². The topological polar surface area (TPSA) is 223 Å². The Hall–Kier alpha value is -4.65. The van der Waals surface area contributed by atoms with Gasteiger partial charge in [-0.3, -0.25) is 14.1 Å². The van der Waals surface area contributed by atoms with Crippen LogP contribution in [0.15, 0.2) is 66.7 Å². The number of hydrogen-bond donors (Lipinski definition) is 6. The summed E-state index contributed by atoms with van der Waals surface area (Å²) in [6.45, 7) is 5.25. The highest BCUT2D eigenvalue weighted by Crippen LogP contribution is 2.38. The summed E-state index contributed by atoms with van der Waals surface area (Å²) in [6, 6.07) is 18.3. The van der Waals surface area contributed by atoms with Crippen molar-refractivity contribution in [2.75, 3.05) is 36.2 Å². The highest BCUT2D eigenvalue weighted by molar-refractivity contribution is 7.41. The number of carbonyl (C=O) groups is 3. The largest absolute Gasteiger partial charge is 0.510 e. The lowest BCUT2D eigenvalue weighted by molar-refractivity contribution is -0.115. The van der Waals surface area contributed by atoms with E-state index in [0.29, 0.717) is 16.9 Å². The number of anilines is 4. The Morgan fingerprint density at radius 1 is 0.951 bits per heavy atom. The van der Waals surface area contributed by atoms with E-state index in [2.05, 4.69) is 25.1 Å². The van der Waals surface area contributed by atoms with Gasteiger partial charge in [0.05, 0.1) is 25.0 Å². The van der Waals surface area contributed by atoms with E-state index in [9.17, 15) is 19.3 Å². The average Bonchev–Trinajstić information content (AvgIpc) is 2.96. The fourth-order valence-electron chi connectivity index (χ4n) is 2.60. The standard InChI is InChI=1S/C14H15N5O2.C10H14NO6P.C2H6/c15-10-6-7-11(19-13(10)16)18-12(20)8-17-14(21)9-4-2-1-3-5-9;1-7(15-10(12)14-2)16-18(13)17-9-6-4-3-5-8(9)11;1-2/h1-7H,8,15H2,(H,17,21)(H3,16,18,19,20);3-7,13H,11H2,1-2H3;1-2H3. The number of hydrogen-bond acceptors (Lipinski definition) is 12. The van der Waals surface area contributed by atoms with Gasteiger partial charge in [-0.15, -0.1) is 0 Å². The summed E-state index contributed by atoms with van der Waals surface area (Å²) in [5, 5.41) is 5.03. The van der Waals surface area contributed by atoms with Crippen molar-refractivity contribution in [1.29, 1.82) is 0 Å². The lowest BCUT2D eigenvalue weighted by Gasteiger charge is -2.17. The second kappa shape index (κ2) is 18.6. The quantitative estimate of drug-likeness (QED) is 0.0909. The van der Waals surface area contributed by atoms with Gasteiger partial charge in [0.1, 0.15) is 11.6 Å². The number of nitrogens with one attached hydrogen (secondary N) is 2. The Bertz CT molecular complexity index is 1250. The van der Waals surface area contributed by atoms with E-state index >= 15 is 0 Å². The van der Waals surface area contributed by atoms with Crippen molar-refractivity contribution in [2.24, 2.45) is 0 Å². The minimum Gasteiger partial charge on any atom is -0.438 e. The minimum absolute atomic E-state index is 0.140. The Kier molecular flexibility index (Phi) is 15.6. The summed E-state index contributed by atoms with van der Waals surface area (Å²) in [4.78, 5) is 47.6. The smallest absolute Gasteiger partial charge is 0.438 e. The molecule has 0 aliphatic carbocycles. The number of nitrogen functional groups attached to an aromatic ring is 3. The molecule has 0 bridgehead atoms. The number of aromatic nitrogens is 1. The van der Waals surface area contributed by atoms with Gasteiger partial charge in [0, 0.05) is 5.56 Å². The Morgan fingerprint density at radius 2 is 1.59 bits per heavy atom. The van der Waals surface area contributed by atoms with Crippen LogP contribution in [0.1, 0.15) is 31.1 Å². The van der Waals surface area contributed by atoms with Crippen LogP contribution in [-0.4, -0.2) is 47.8 Å². The van der Waals surface area contributed by atoms with Crippen LogP contribution in [0.4, 0.5) is 27.8 Å². The van der Waals surface area contributed by atoms with Crippen molar-refractivity contribution in [3.8, 4) is 5.75 Å². The van der Waals surface area contributed by atoms with Gasteiger partial charge in [-0.1, -0.05) is 44.2 Å². The number of nitrogens with zero attached hydrogens (tertiary/aromatic N) is 1. The van der Waals surface area contributed by atoms with Gasteiger partial charge in [-0.2, -0.15) is 0 Å². The van der Waals surface area contributed by atoms with E-state index in [4.69, 9.17) is 26.2 Å². The van der Waals surface area contributed by atoms with E-state index in [1.165, 1.54) is 13.0 Å². The number of nitrogens with two attached hydrogens (primary N) is 3. The fraction of sp³-hybridized carbons (Fsp3) is 0.231. The van der Waals surface area contributed by atoms with Crippen LogP contribution in [0.2, 0.25) is 0 Å². The van der Waals surface area contributed by atoms with E-state index < -0.39 is 27.0 Å². The minimum atomic E-state index is -2.26. The van der Waals surface area contributed by atoms with Crippen LogP contribution >= 0.6 is 8.60 Å². The molecule has 0 aliphatic heterocycles. The third-order valence-electron chi connectivity index (χ3n) is 4.43. The number of amides is 2. The van der Waals surface area contributed by atoms with Crippen LogP contribution in [0.3, 0.4) is 0 Å². The molecule has 0 aliphatic rings. The summed E-state index contributed by atoms with van der Waals surface area (Å²) in [5.74, 6) is -0.0235. The molecule has 222 valence electrons. The molecule has 0 saturated carbocycles. The highest BCUT2D eigenvalue weighted by Gasteiger charge is 2.18. The SMILES string of the molecule is CC.COC(=O)OC(C)OP(O)Oc1ccccc1N.Nc1ccc(NC(=O)CNC(=O)c2ccccc2)nc1N. The van der Waals surface area contributed by atoms with Crippen molar-refractivity contribution < 1.29 is 37.8 Å². The number of rotatable bonds is 9. The molecular formula is C26H35N6O8P. The molecule has 1 heterocycles. The van der Waals surface area contributed by atoms with E-state index in [1.54, 1.807) is 60.7 Å². The maximum Gasteiger partial charge on any atom is 0.510 e. The maximum absolute atomic E-state index is 11.8. The van der Waals surface area contributed by atoms with E-state index in [-0.39, 0.29) is 29.8 Å². The first-order valence-electron chi connectivity index (χ1n) is 12.2. The zero-order valence-corrected chi connectivity index (χ0v) is 24.0. The molecule has 15 heteroatoms. The summed E-state index contributed by atoms with van der Waals surface area (Å²) < 4.78 is 18.8. The molecule has 0 saturated heterocycles. The molecule has 14 nitrogen and oxygen atoms in total. The number of methoxy groups -OCH3 is 1. The first-order chi connectivity index (χ1) is 19.6. The molecule has 0 radical (unpaired) electrons. The van der Waals surface area contributed by atoms with Gasteiger partial charge in [0.2, 0.25) is 12.2 Å². The number of para-hydroxylation sites is 2. The average molecular weight is 591 g/mol. The Morgan fingerprint density at radius 3 is 2.20 bits per heavy atom. The second-order valence-corrected chi connectivity index (χ2v) is 8.25. The van der Waals surface area contributed by atoms with Gasteiger partial charge in [0.15, 0.2) is 5.75 Å².